The molecule has 1 heterocycles. The fourth-order valence-corrected chi connectivity index (χ4v) is 11.9. The van der Waals surface area contributed by atoms with Crippen LogP contribution in [0.15, 0.2) is 158 Å². The Morgan fingerprint density at radius 3 is 1.72 bits per heavy atom. The van der Waals surface area contributed by atoms with E-state index in [4.69, 9.17) is 0 Å². The van der Waals surface area contributed by atoms with Crippen LogP contribution >= 0.6 is 7.14 Å². The molecule has 240 valence electrons. The summed E-state index contributed by atoms with van der Waals surface area (Å²) in [6.45, 7) is 4.82. The van der Waals surface area contributed by atoms with Crippen LogP contribution in [0.2, 0.25) is 0 Å². The van der Waals surface area contributed by atoms with E-state index in [-0.39, 0.29) is 5.41 Å². The summed E-state index contributed by atoms with van der Waals surface area (Å²) >= 11 is 0. The zero-order valence-electron chi connectivity index (χ0n) is 28.2. The predicted molar refractivity (Wildman–Crippen MR) is 212 cm³/mol. The van der Waals surface area contributed by atoms with E-state index in [0.29, 0.717) is 0 Å². The Labute approximate surface area is 292 Å². The molecule has 0 amide bonds. The third-order valence-electron chi connectivity index (χ3n) is 11.4. The van der Waals surface area contributed by atoms with Gasteiger partial charge in [0.15, 0.2) is 7.14 Å². The van der Waals surface area contributed by atoms with Crippen LogP contribution in [0.4, 0.5) is 0 Å². The van der Waals surface area contributed by atoms with Gasteiger partial charge in [-0.15, -0.1) is 0 Å². The number of benzene rings is 7. The molecular weight excluding hydrogens is 625 g/mol. The number of nitrogens with zero attached hydrogens (tertiary/aromatic N) is 1. The van der Waals surface area contributed by atoms with Gasteiger partial charge in [-0.1, -0.05) is 147 Å². The van der Waals surface area contributed by atoms with Gasteiger partial charge in [0.2, 0.25) is 0 Å². The first-order valence-corrected chi connectivity index (χ1v) is 19.3. The topological polar surface area (TPSA) is 22.0 Å². The highest BCUT2D eigenvalue weighted by Gasteiger charge is 2.43. The largest absolute Gasteiger partial charge is 0.312 e. The molecule has 0 atom stereocenters. The van der Waals surface area contributed by atoms with Crippen molar-refractivity contribution in [3.8, 4) is 5.69 Å². The maximum atomic E-state index is 15.3. The third kappa shape index (κ3) is 3.94. The Kier molecular flexibility index (Phi) is 6.36. The van der Waals surface area contributed by atoms with Gasteiger partial charge in [-0.3, -0.25) is 0 Å². The van der Waals surface area contributed by atoms with Gasteiger partial charge < -0.3 is 9.13 Å². The second-order valence-corrected chi connectivity index (χ2v) is 17.1. The van der Waals surface area contributed by atoms with Gasteiger partial charge in [0.25, 0.3) is 0 Å². The monoisotopic (exact) mass is 661 g/mol. The first-order chi connectivity index (χ1) is 24.5. The molecular formula is C47H36NOP. The SMILES string of the molecule is CC1(C)C2=C(CCc3c2c2c4ccccc4c4ccccc4c2n3-c2ccc(P(=O)(c3ccccc3)c3ccccc3)cc2)c2ccccc21. The standard InChI is InChI=1S/C47H36NOP/c1-47(2)41-24-14-13-21-37(41)39-29-30-42-44(45(39)47)43-38-22-11-9-19-35(38)36-20-10-12-23-40(36)46(43)48(42)31-25-27-34(28-26-31)50(49,32-15-5-3-6-16-32)33-17-7-4-8-18-33/h3-28H,29-30H2,1-2H3. The lowest BCUT2D eigenvalue weighted by Gasteiger charge is -2.28. The van der Waals surface area contributed by atoms with Gasteiger partial charge in [0, 0.05) is 49.0 Å². The van der Waals surface area contributed by atoms with Crippen LogP contribution in [0.1, 0.15) is 42.7 Å². The van der Waals surface area contributed by atoms with Crippen LogP contribution in [0.25, 0.3) is 49.3 Å². The number of rotatable bonds is 4. The molecule has 3 heteroatoms. The third-order valence-corrected chi connectivity index (χ3v) is 14.4. The maximum Gasteiger partial charge on any atom is 0.171 e. The van der Waals surface area contributed by atoms with Crippen molar-refractivity contribution >= 4 is 66.6 Å². The number of hydrogen-bond donors (Lipinski definition) is 0. The average Bonchev–Trinajstić information content (AvgIpc) is 3.65. The summed E-state index contributed by atoms with van der Waals surface area (Å²) in [7, 11) is -3.10. The molecule has 7 aromatic carbocycles. The fourth-order valence-electron chi connectivity index (χ4n) is 9.23. The van der Waals surface area contributed by atoms with Gasteiger partial charge in [0.1, 0.15) is 0 Å². The predicted octanol–water partition coefficient (Wildman–Crippen LogP) is 10.7. The van der Waals surface area contributed by atoms with E-state index < -0.39 is 7.14 Å². The summed E-state index contributed by atoms with van der Waals surface area (Å²) in [5.74, 6) is 0. The normalized spacial score (nSPS) is 15.0. The van der Waals surface area contributed by atoms with Crippen molar-refractivity contribution in [2.75, 3.05) is 0 Å². The Morgan fingerprint density at radius 2 is 1.06 bits per heavy atom. The summed E-state index contributed by atoms with van der Waals surface area (Å²) in [5, 5.41) is 9.00. The molecule has 0 saturated heterocycles. The van der Waals surface area contributed by atoms with Crippen molar-refractivity contribution in [3.63, 3.8) is 0 Å². The van der Waals surface area contributed by atoms with Gasteiger partial charge in [-0.2, -0.15) is 0 Å². The van der Waals surface area contributed by atoms with E-state index in [0.717, 1.165) is 34.4 Å². The Balaban J connectivity index is 1.28. The molecule has 50 heavy (non-hydrogen) atoms. The van der Waals surface area contributed by atoms with E-state index in [1.165, 1.54) is 66.0 Å². The van der Waals surface area contributed by atoms with Crippen LogP contribution < -0.4 is 15.9 Å². The highest BCUT2D eigenvalue weighted by molar-refractivity contribution is 7.85. The number of hydrogen-bond acceptors (Lipinski definition) is 1. The van der Waals surface area contributed by atoms with Crippen LogP contribution in [-0.2, 0) is 16.4 Å². The van der Waals surface area contributed by atoms with Gasteiger partial charge >= 0.3 is 0 Å². The quantitative estimate of drug-likeness (QED) is 0.136. The minimum Gasteiger partial charge on any atom is -0.312 e. The van der Waals surface area contributed by atoms with Crippen molar-refractivity contribution in [1.29, 1.82) is 0 Å². The molecule has 0 radical (unpaired) electrons. The summed E-state index contributed by atoms with van der Waals surface area (Å²) in [6, 6.07) is 55.4. The van der Waals surface area contributed by atoms with E-state index in [1.807, 2.05) is 60.7 Å². The van der Waals surface area contributed by atoms with Crippen LogP contribution in [0, 0.1) is 0 Å². The Morgan fingerprint density at radius 1 is 0.540 bits per heavy atom. The lowest BCUT2D eigenvalue weighted by Crippen LogP contribution is -2.25. The van der Waals surface area contributed by atoms with Crippen molar-refractivity contribution in [1.82, 2.24) is 4.57 Å². The minimum absolute atomic E-state index is 0.130. The molecule has 0 unspecified atom stereocenters. The Bertz CT molecular complexity index is 2690. The molecule has 0 aliphatic heterocycles. The smallest absolute Gasteiger partial charge is 0.171 e. The molecule has 0 saturated carbocycles. The van der Waals surface area contributed by atoms with Crippen molar-refractivity contribution in [2.24, 2.45) is 0 Å². The van der Waals surface area contributed by atoms with Crippen LogP contribution in [-0.4, -0.2) is 4.57 Å². The summed E-state index contributed by atoms with van der Waals surface area (Å²) in [4.78, 5) is 0. The zero-order valence-corrected chi connectivity index (χ0v) is 29.1. The molecule has 0 spiro atoms. The molecule has 1 aromatic heterocycles. The first kappa shape index (κ1) is 29.5. The van der Waals surface area contributed by atoms with E-state index >= 15 is 4.57 Å². The second-order valence-electron chi connectivity index (χ2n) is 14.3. The average molecular weight is 662 g/mol. The number of allylic oxidation sites excluding steroid dienone is 2. The lowest BCUT2D eigenvalue weighted by molar-refractivity contribution is 0.592. The first-order valence-electron chi connectivity index (χ1n) is 17.6. The minimum atomic E-state index is -3.10. The van der Waals surface area contributed by atoms with Crippen LogP contribution in [0.5, 0.6) is 0 Å². The summed E-state index contributed by atoms with van der Waals surface area (Å²) in [6.07, 6.45) is 1.95. The van der Waals surface area contributed by atoms with Gasteiger partial charge in [-0.25, -0.2) is 0 Å². The van der Waals surface area contributed by atoms with Gasteiger partial charge in [-0.05, 0) is 75.5 Å². The van der Waals surface area contributed by atoms with E-state index in [2.05, 4.69) is 115 Å². The molecule has 0 bridgehead atoms. The molecule has 2 aliphatic rings. The zero-order chi connectivity index (χ0) is 33.6. The van der Waals surface area contributed by atoms with Crippen LogP contribution in [0.3, 0.4) is 0 Å². The van der Waals surface area contributed by atoms with E-state index in [9.17, 15) is 0 Å². The molecule has 8 aromatic rings. The molecule has 0 fully saturated rings. The van der Waals surface area contributed by atoms with E-state index in [1.54, 1.807) is 0 Å². The highest BCUT2D eigenvalue weighted by atomic mass is 31.2. The maximum absolute atomic E-state index is 15.3. The fraction of sp³-hybridized carbons (Fsp3) is 0.106. The number of aromatic nitrogens is 1. The molecule has 10 rings (SSSR count). The second kappa shape index (κ2) is 10.8. The van der Waals surface area contributed by atoms with Crippen molar-refractivity contribution in [2.45, 2.75) is 32.1 Å². The lowest BCUT2D eigenvalue weighted by atomic mass is 9.75. The summed E-state index contributed by atoms with van der Waals surface area (Å²) in [5.41, 5.74) is 10.8. The van der Waals surface area contributed by atoms with Crippen molar-refractivity contribution < 1.29 is 4.57 Å². The highest BCUT2D eigenvalue weighted by Crippen LogP contribution is 2.58. The Hall–Kier alpha value is -5.43. The van der Waals surface area contributed by atoms with Gasteiger partial charge in [0.05, 0.1) is 5.52 Å². The molecule has 2 nitrogen and oxygen atoms in total. The number of fused-ring (bicyclic) bond motifs is 11. The molecule has 2 aliphatic carbocycles. The summed E-state index contributed by atoms with van der Waals surface area (Å²) < 4.78 is 17.8. The molecule has 0 N–H and O–H groups in total. The van der Waals surface area contributed by atoms with Crippen molar-refractivity contribution in [3.05, 3.63) is 180 Å².